The van der Waals surface area contributed by atoms with E-state index in [4.69, 9.17) is 0 Å². The number of rotatable bonds is 2. The van der Waals surface area contributed by atoms with Gasteiger partial charge in [-0.2, -0.15) is 10.2 Å². The lowest BCUT2D eigenvalue weighted by molar-refractivity contribution is -0.131. The summed E-state index contributed by atoms with van der Waals surface area (Å²) >= 11 is 4.65. The highest BCUT2D eigenvalue weighted by Gasteiger charge is 2.32. The number of nitrogens with one attached hydrogen (secondary N) is 2. The second kappa shape index (κ2) is 4.79. The fourth-order valence-electron chi connectivity index (χ4n) is 1.23. The Kier molecular flexibility index (Phi) is 3.20. The van der Waals surface area contributed by atoms with E-state index in [1.54, 1.807) is 24.3 Å². The van der Waals surface area contributed by atoms with Gasteiger partial charge in [0, 0.05) is 0 Å². The topological polar surface area (TPSA) is 82.9 Å². The zero-order chi connectivity index (χ0) is 12.3. The van der Waals surface area contributed by atoms with Crippen LogP contribution in [0.15, 0.2) is 40.6 Å². The average Bonchev–Trinajstić information content (AvgIpc) is 2.29. The molecule has 2 rings (SSSR count). The first-order valence-corrected chi connectivity index (χ1v) is 5.19. The van der Waals surface area contributed by atoms with E-state index < -0.39 is 17.9 Å². The molecule has 0 atom stereocenters. The van der Waals surface area contributed by atoms with Crippen LogP contribution < -0.4 is 10.6 Å². The number of amides is 2. The Morgan fingerprint density at radius 2 is 1.65 bits per heavy atom. The van der Waals surface area contributed by atoms with Gasteiger partial charge in [0.15, 0.2) is 5.11 Å². The van der Waals surface area contributed by atoms with Crippen molar-refractivity contribution in [2.75, 3.05) is 0 Å². The van der Waals surface area contributed by atoms with Crippen LogP contribution in [0.25, 0.3) is 0 Å². The summed E-state index contributed by atoms with van der Waals surface area (Å²) in [5.74, 6) is -1.14. The molecule has 7 heteroatoms. The lowest BCUT2D eigenvalue weighted by Gasteiger charge is -2.18. The molecule has 1 aliphatic heterocycles. The Bertz CT molecular complexity index is 480. The lowest BCUT2D eigenvalue weighted by Crippen LogP contribution is -2.57. The second-order valence-electron chi connectivity index (χ2n) is 3.26. The maximum Gasteiger partial charge on any atom is 0.262 e. The number of thiocarbonyl (C=S) groups is 1. The standard InChI is InChI=1S/C10H8N4O2S/c15-8-7(9(16)12-10(17)11-8)14-13-6-4-2-1-3-5-6/h1-5,7H,(H2,11,12,15,16,17). The highest BCUT2D eigenvalue weighted by atomic mass is 32.1. The van der Waals surface area contributed by atoms with Crippen LogP contribution in [-0.4, -0.2) is 23.0 Å². The van der Waals surface area contributed by atoms with E-state index in [9.17, 15) is 9.59 Å². The maximum atomic E-state index is 11.4. The highest BCUT2D eigenvalue weighted by Crippen LogP contribution is 2.11. The zero-order valence-electron chi connectivity index (χ0n) is 8.58. The fourth-order valence-corrected chi connectivity index (χ4v) is 1.44. The summed E-state index contributed by atoms with van der Waals surface area (Å²) in [6, 6.07) is 7.63. The van der Waals surface area contributed by atoms with Crippen LogP contribution in [0.4, 0.5) is 5.69 Å². The Hall–Kier alpha value is -2.15. The van der Waals surface area contributed by atoms with Gasteiger partial charge in [0.1, 0.15) is 0 Å². The highest BCUT2D eigenvalue weighted by molar-refractivity contribution is 7.80. The van der Waals surface area contributed by atoms with E-state index >= 15 is 0 Å². The van der Waals surface area contributed by atoms with Gasteiger partial charge < -0.3 is 10.6 Å². The summed E-state index contributed by atoms with van der Waals surface area (Å²) in [6.07, 6.45) is 0. The van der Waals surface area contributed by atoms with Crippen molar-refractivity contribution >= 4 is 34.8 Å². The van der Waals surface area contributed by atoms with E-state index in [1.807, 2.05) is 6.07 Å². The first-order valence-electron chi connectivity index (χ1n) is 4.78. The van der Waals surface area contributed by atoms with Gasteiger partial charge in [0.25, 0.3) is 11.8 Å². The van der Waals surface area contributed by atoms with Gasteiger partial charge >= 0.3 is 0 Å². The van der Waals surface area contributed by atoms with Gasteiger partial charge in [0.2, 0.25) is 6.04 Å². The lowest BCUT2D eigenvalue weighted by atomic mass is 10.2. The Labute approximate surface area is 102 Å². The van der Waals surface area contributed by atoms with Crippen LogP contribution in [0, 0.1) is 0 Å². The molecule has 0 aromatic heterocycles. The van der Waals surface area contributed by atoms with E-state index in [0.29, 0.717) is 5.69 Å². The number of benzene rings is 1. The molecule has 1 saturated heterocycles. The third-order valence-corrected chi connectivity index (χ3v) is 2.22. The van der Waals surface area contributed by atoms with E-state index in [1.165, 1.54) is 0 Å². The SMILES string of the molecule is O=C1NC(=S)NC(=O)C1N=Nc1ccccc1. The van der Waals surface area contributed by atoms with Gasteiger partial charge in [0.05, 0.1) is 5.69 Å². The molecule has 0 bridgehead atoms. The molecule has 0 radical (unpaired) electrons. The monoisotopic (exact) mass is 248 g/mol. The number of hydrogen-bond acceptors (Lipinski definition) is 5. The molecule has 2 amide bonds. The van der Waals surface area contributed by atoms with Crippen LogP contribution in [-0.2, 0) is 9.59 Å². The average molecular weight is 248 g/mol. The molecule has 6 nitrogen and oxygen atoms in total. The molecule has 1 heterocycles. The molecular formula is C10H8N4O2S. The van der Waals surface area contributed by atoms with Crippen molar-refractivity contribution in [2.45, 2.75) is 6.04 Å². The number of carbonyl (C=O) groups is 2. The summed E-state index contributed by atoms with van der Waals surface area (Å²) in [5.41, 5.74) is 0.571. The number of carbonyl (C=O) groups excluding carboxylic acids is 2. The van der Waals surface area contributed by atoms with Crippen LogP contribution in [0.5, 0.6) is 0 Å². The minimum Gasteiger partial charge on any atom is -0.300 e. The van der Waals surface area contributed by atoms with Crippen molar-refractivity contribution in [3.05, 3.63) is 30.3 Å². The van der Waals surface area contributed by atoms with Gasteiger partial charge in [-0.3, -0.25) is 9.59 Å². The molecule has 0 saturated carbocycles. The normalized spacial score (nSPS) is 17.1. The summed E-state index contributed by atoms with van der Waals surface area (Å²) in [5, 5.41) is 12.1. The second-order valence-corrected chi connectivity index (χ2v) is 3.67. The number of hydrogen-bond donors (Lipinski definition) is 2. The van der Waals surface area contributed by atoms with E-state index in [0.717, 1.165) is 0 Å². The van der Waals surface area contributed by atoms with Gasteiger partial charge in [-0.05, 0) is 24.4 Å². The molecule has 1 aliphatic rings. The number of azo groups is 1. The molecule has 17 heavy (non-hydrogen) atoms. The van der Waals surface area contributed by atoms with Crippen molar-refractivity contribution < 1.29 is 9.59 Å². The number of nitrogens with zero attached hydrogens (tertiary/aromatic N) is 2. The summed E-state index contributed by atoms with van der Waals surface area (Å²) < 4.78 is 0. The van der Waals surface area contributed by atoms with Crippen LogP contribution in [0.2, 0.25) is 0 Å². The summed E-state index contributed by atoms with van der Waals surface area (Å²) in [7, 11) is 0. The van der Waals surface area contributed by atoms with Crippen LogP contribution in [0.1, 0.15) is 0 Å². The quantitative estimate of drug-likeness (QED) is 0.458. The molecule has 2 N–H and O–H groups in total. The van der Waals surface area contributed by atoms with E-state index in [-0.39, 0.29) is 5.11 Å². The first-order chi connectivity index (χ1) is 8.16. The summed E-state index contributed by atoms with van der Waals surface area (Å²) in [4.78, 5) is 22.8. The Balaban J connectivity index is 2.13. The zero-order valence-corrected chi connectivity index (χ0v) is 9.40. The van der Waals surface area contributed by atoms with Crippen molar-refractivity contribution in [2.24, 2.45) is 10.2 Å². The first kappa shape index (κ1) is 11.3. The summed E-state index contributed by atoms with van der Waals surface area (Å²) in [6.45, 7) is 0. The van der Waals surface area contributed by atoms with Crippen LogP contribution in [0.3, 0.4) is 0 Å². The van der Waals surface area contributed by atoms with Gasteiger partial charge in [-0.25, -0.2) is 0 Å². The molecule has 86 valence electrons. The van der Waals surface area contributed by atoms with E-state index in [2.05, 4.69) is 33.1 Å². The molecule has 0 aliphatic carbocycles. The van der Waals surface area contributed by atoms with Gasteiger partial charge in [-0.15, -0.1) is 0 Å². The third kappa shape index (κ3) is 2.70. The predicted octanol–water partition coefficient (Wildman–Crippen LogP) is 0.670. The molecule has 0 unspecified atom stereocenters. The van der Waals surface area contributed by atoms with Crippen molar-refractivity contribution in [1.82, 2.24) is 10.6 Å². The fraction of sp³-hybridized carbons (Fsp3) is 0.100. The predicted molar refractivity (Wildman–Crippen MR) is 63.6 cm³/mol. The molecule has 1 aromatic carbocycles. The van der Waals surface area contributed by atoms with Crippen LogP contribution >= 0.6 is 12.2 Å². The molecule has 0 spiro atoms. The van der Waals surface area contributed by atoms with Gasteiger partial charge in [-0.1, -0.05) is 18.2 Å². The Morgan fingerprint density at radius 1 is 1.06 bits per heavy atom. The maximum absolute atomic E-state index is 11.4. The molecule has 1 fully saturated rings. The minimum atomic E-state index is -1.19. The third-order valence-electron chi connectivity index (χ3n) is 2.02. The molecule has 1 aromatic rings. The molecular weight excluding hydrogens is 240 g/mol. The van der Waals surface area contributed by atoms with Crippen molar-refractivity contribution in [3.63, 3.8) is 0 Å². The largest absolute Gasteiger partial charge is 0.300 e. The Morgan fingerprint density at radius 3 is 2.24 bits per heavy atom. The van der Waals surface area contributed by atoms with Crippen molar-refractivity contribution in [1.29, 1.82) is 0 Å². The smallest absolute Gasteiger partial charge is 0.262 e. The minimum absolute atomic E-state index is 0.00818. The van der Waals surface area contributed by atoms with Crippen molar-refractivity contribution in [3.8, 4) is 0 Å².